The highest BCUT2D eigenvalue weighted by atomic mass is 16.7. The van der Waals surface area contributed by atoms with Crippen molar-refractivity contribution in [2.45, 2.75) is 38.1 Å². The monoisotopic (exact) mass is 354 g/mol. The van der Waals surface area contributed by atoms with Gasteiger partial charge in [0.05, 0.1) is 11.9 Å². The topological polar surface area (TPSA) is 84.5 Å². The van der Waals surface area contributed by atoms with Crippen LogP contribution in [0.1, 0.15) is 32.1 Å². The second-order valence-electron chi connectivity index (χ2n) is 6.56. The molecule has 0 spiro atoms. The molecular formula is C19H22N4O3. The van der Waals surface area contributed by atoms with Gasteiger partial charge in [0, 0.05) is 17.8 Å². The highest BCUT2D eigenvalue weighted by molar-refractivity contribution is 5.88. The maximum Gasteiger partial charge on any atom is 0.320 e. The zero-order valence-electron chi connectivity index (χ0n) is 14.5. The maximum atomic E-state index is 12.1. The number of carbonyl (C=O) groups is 1. The van der Waals surface area contributed by atoms with Crippen molar-refractivity contribution < 1.29 is 14.3 Å². The summed E-state index contributed by atoms with van der Waals surface area (Å²) in [5.41, 5.74) is 1.70. The minimum Gasteiger partial charge on any atom is -0.454 e. The lowest BCUT2D eigenvalue weighted by molar-refractivity contribution is 0.174. The van der Waals surface area contributed by atoms with Crippen LogP contribution in [-0.4, -0.2) is 23.8 Å². The Kier molecular flexibility index (Phi) is 4.77. The minimum absolute atomic E-state index is 0.194. The Morgan fingerprint density at radius 2 is 1.81 bits per heavy atom. The van der Waals surface area contributed by atoms with Crippen LogP contribution in [0.4, 0.5) is 22.0 Å². The van der Waals surface area contributed by atoms with E-state index >= 15 is 0 Å². The number of fused-ring (bicyclic) bond motifs is 1. The van der Waals surface area contributed by atoms with Crippen LogP contribution >= 0.6 is 0 Å². The SMILES string of the molecule is O=C(Nc1ccc(Nc2ccc3c(c2)OCO3)cn1)NC1CCCCC1. The van der Waals surface area contributed by atoms with Crippen LogP contribution in [0.2, 0.25) is 0 Å². The zero-order valence-corrected chi connectivity index (χ0v) is 14.5. The second kappa shape index (κ2) is 7.51. The molecule has 0 unspecified atom stereocenters. The highest BCUT2D eigenvalue weighted by Crippen LogP contribution is 2.35. The predicted molar refractivity (Wildman–Crippen MR) is 99.1 cm³/mol. The van der Waals surface area contributed by atoms with E-state index in [1.807, 2.05) is 24.3 Å². The summed E-state index contributed by atoms with van der Waals surface area (Å²) in [6.07, 6.45) is 7.42. The van der Waals surface area contributed by atoms with Crippen molar-refractivity contribution in [3.05, 3.63) is 36.5 Å². The van der Waals surface area contributed by atoms with Gasteiger partial charge >= 0.3 is 6.03 Å². The van der Waals surface area contributed by atoms with Crippen molar-refractivity contribution >= 4 is 23.2 Å². The highest BCUT2D eigenvalue weighted by Gasteiger charge is 2.16. The van der Waals surface area contributed by atoms with E-state index in [9.17, 15) is 4.79 Å². The van der Waals surface area contributed by atoms with Crippen molar-refractivity contribution in [1.29, 1.82) is 0 Å². The van der Waals surface area contributed by atoms with Crippen LogP contribution in [0.15, 0.2) is 36.5 Å². The molecule has 2 amide bonds. The number of nitrogens with zero attached hydrogens (tertiary/aromatic N) is 1. The average molecular weight is 354 g/mol. The number of amides is 2. The van der Waals surface area contributed by atoms with Gasteiger partial charge in [-0.15, -0.1) is 0 Å². The molecule has 2 aromatic rings. The minimum atomic E-state index is -0.194. The fraction of sp³-hybridized carbons (Fsp3) is 0.368. The third kappa shape index (κ3) is 3.99. The largest absolute Gasteiger partial charge is 0.454 e. The van der Waals surface area contributed by atoms with Crippen LogP contribution in [0.25, 0.3) is 0 Å². The van der Waals surface area contributed by atoms with Gasteiger partial charge in [-0.2, -0.15) is 0 Å². The molecule has 1 aliphatic heterocycles. The zero-order chi connectivity index (χ0) is 17.8. The molecule has 2 aliphatic rings. The lowest BCUT2D eigenvalue weighted by atomic mass is 9.96. The summed E-state index contributed by atoms with van der Waals surface area (Å²) in [7, 11) is 0. The van der Waals surface area contributed by atoms with Gasteiger partial charge in [-0.05, 0) is 37.1 Å². The molecule has 1 aromatic carbocycles. The molecule has 7 nitrogen and oxygen atoms in total. The molecule has 1 aromatic heterocycles. The van der Waals surface area contributed by atoms with E-state index in [1.54, 1.807) is 12.3 Å². The molecule has 2 heterocycles. The van der Waals surface area contributed by atoms with E-state index in [4.69, 9.17) is 9.47 Å². The Hall–Kier alpha value is -2.96. The number of anilines is 3. The first-order chi connectivity index (χ1) is 12.8. The Morgan fingerprint density at radius 3 is 2.62 bits per heavy atom. The number of aromatic nitrogens is 1. The van der Waals surface area contributed by atoms with Gasteiger partial charge in [0.25, 0.3) is 0 Å². The summed E-state index contributed by atoms with van der Waals surface area (Å²) in [5.74, 6) is 1.99. The number of ether oxygens (including phenoxy) is 2. The third-order valence-corrected chi connectivity index (χ3v) is 4.61. The quantitative estimate of drug-likeness (QED) is 0.772. The first kappa shape index (κ1) is 16.5. The van der Waals surface area contributed by atoms with Crippen LogP contribution in [-0.2, 0) is 0 Å². The van der Waals surface area contributed by atoms with E-state index in [0.29, 0.717) is 5.82 Å². The van der Waals surface area contributed by atoms with Crippen molar-refractivity contribution in [3.8, 4) is 11.5 Å². The Labute approximate surface area is 152 Å². The van der Waals surface area contributed by atoms with E-state index in [0.717, 1.165) is 35.7 Å². The van der Waals surface area contributed by atoms with Gasteiger partial charge in [-0.25, -0.2) is 9.78 Å². The van der Waals surface area contributed by atoms with Crippen LogP contribution in [0.5, 0.6) is 11.5 Å². The smallest absolute Gasteiger partial charge is 0.320 e. The number of hydrogen-bond donors (Lipinski definition) is 3. The maximum absolute atomic E-state index is 12.1. The molecule has 0 bridgehead atoms. The summed E-state index contributed by atoms with van der Waals surface area (Å²) in [6, 6.07) is 9.38. The Morgan fingerprint density at radius 1 is 1.00 bits per heavy atom. The number of carbonyl (C=O) groups excluding carboxylic acids is 1. The van der Waals surface area contributed by atoms with Gasteiger partial charge in [0.15, 0.2) is 11.5 Å². The van der Waals surface area contributed by atoms with Gasteiger partial charge in [0.1, 0.15) is 5.82 Å². The number of rotatable bonds is 4. The molecule has 1 aliphatic carbocycles. The second-order valence-corrected chi connectivity index (χ2v) is 6.56. The Bertz CT molecular complexity index is 773. The van der Waals surface area contributed by atoms with E-state index in [1.165, 1.54) is 19.3 Å². The fourth-order valence-electron chi connectivity index (χ4n) is 3.27. The molecule has 3 N–H and O–H groups in total. The average Bonchev–Trinajstić information content (AvgIpc) is 3.12. The van der Waals surface area contributed by atoms with Gasteiger partial charge in [-0.1, -0.05) is 19.3 Å². The molecule has 0 radical (unpaired) electrons. The number of benzene rings is 1. The van der Waals surface area contributed by atoms with E-state index in [-0.39, 0.29) is 18.9 Å². The van der Waals surface area contributed by atoms with Gasteiger partial charge in [0.2, 0.25) is 6.79 Å². The standard InChI is InChI=1S/C19H22N4O3/c24-19(22-13-4-2-1-3-5-13)23-18-9-7-15(11-20-18)21-14-6-8-16-17(10-14)26-12-25-16/h6-11,13,21H,1-5,12H2,(H2,20,22,23,24). The third-order valence-electron chi connectivity index (χ3n) is 4.61. The van der Waals surface area contributed by atoms with Crippen LogP contribution in [0.3, 0.4) is 0 Å². The number of nitrogens with one attached hydrogen (secondary N) is 3. The molecular weight excluding hydrogens is 332 g/mol. The van der Waals surface area contributed by atoms with Crippen molar-refractivity contribution in [2.24, 2.45) is 0 Å². The summed E-state index contributed by atoms with van der Waals surface area (Å²) >= 11 is 0. The Balaban J connectivity index is 1.32. The first-order valence-corrected chi connectivity index (χ1v) is 8.96. The fourth-order valence-corrected chi connectivity index (χ4v) is 3.27. The van der Waals surface area contributed by atoms with Gasteiger partial charge < -0.3 is 20.1 Å². The van der Waals surface area contributed by atoms with Crippen molar-refractivity contribution in [3.63, 3.8) is 0 Å². The first-order valence-electron chi connectivity index (χ1n) is 8.96. The summed E-state index contributed by atoms with van der Waals surface area (Å²) in [6.45, 7) is 0.254. The molecule has 0 saturated heterocycles. The van der Waals surface area contributed by atoms with Crippen LogP contribution in [0, 0.1) is 0 Å². The summed E-state index contributed by atoms with van der Waals surface area (Å²) in [4.78, 5) is 16.4. The van der Waals surface area contributed by atoms with E-state index in [2.05, 4.69) is 20.9 Å². The molecule has 136 valence electrons. The van der Waals surface area contributed by atoms with Crippen LogP contribution < -0.4 is 25.4 Å². The molecule has 7 heteroatoms. The lowest BCUT2D eigenvalue weighted by Gasteiger charge is -2.22. The molecule has 0 atom stereocenters. The number of urea groups is 1. The normalized spacial score (nSPS) is 16.2. The molecule has 4 rings (SSSR count). The summed E-state index contributed by atoms with van der Waals surface area (Å²) < 4.78 is 10.7. The lowest BCUT2D eigenvalue weighted by Crippen LogP contribution is -2.39. The predicted octanol–water partition coefficient (Wildman–Crippen LogP) is 4.01. The van der Waals surface area contributed by atoms with E-state index < -0.39 is 0 Å². The summed E-state index contributed by atoms with van der Waals surface area (Å²) in [5, 5.41) is 9.06. The van der Waals surface area contributed by atoms with Gasteiger partial charge in [-0.3, -0.25) is 5.32 Å². The molecule has 1 saturated carbocycles. The number of hydrogen-bond acceptors (Lipinski definition) is 5. The van der Waals surface area contributed by atoms with Crippen molar-refractivity contribution in [2.75, 3.05) is 17.4 Å². The molecule has 26 heavy (non-hydrogen) atoms. The number of pyridine rings is 1. The van der Waals surface area contributed by atoms with Crippen molar-refractivity contribution in [1.82, 2.24) is 10.3 Å². The molecule has 1 fully saturated rings.